The first-order valence-corrected chi connectivity index (χ1v) is 10.8. The summed E-state index contributed by atoms with van der Waals surface area (Å²) < 4.78 is 6.34. The summed E-state index contributed by atoms with van der Waals surface area (Å²) in [5.41, 5.74) is 7.11. The molecule has 0 amide bonds. The lowest BCUT2D eigenvalue weighted by molar-refractivity contribution is 0.198. The molecule has 2 aromatic rings. The lowest BCUT2D eigenvalue weighted by Gasteiger charge is -2.38. The molecule has 2 rings (SSSR count). The van der Waals surface area contributed by atoms with Crippen LogP contribution < -0.4 is 5.73 Å². The second-order valence-electron chi connectivity index (χ2n) is 7.15. The maximum absolute atomic E-state index is 6.34. The number of aromatic nitrogens is 4. The predicted octanol–water partition coefficient (Wildman–Crippen LogP) is 3.98. The molecule has 0 spiro atoms. The lowest BCUT2D eigenvalue weighted by atomic mass is 10.2. The van der Waals surface area contributed by atoms with Crippen molar-refractivity contribution in [1.29, 1.82) is 0 Å². The standard InChI is InChI=1S/C15H24ClN5OSi/c1-10(22-23(5,6)15(2,3)4)13-9-19-21(20-13)14-12(17)7-11(16)8-18-14/h7-10H,17H2,1-6H3. The summed E-state index contributed by atoms with van der Waals surface area (Å²) in [7, 11) is -1.87. The number of pyridine rings is 1. The predicted molar refractivity (Wildman–Crippen MR) is 95.3 cm³/mol. The Hall–Kier alpha value is -1.44. The van der Waals surface area contributed by atoms with Gasteiger partial charge in [-0.1, -0.05) is 32.4 Å². The van der Waals surface area contributed by atoms with E-state index < -0.39 is 8.32 Å². The van der Waals surface area contributed by atoms with Crippen molar-refractivity contribution in [2.75, 3.05) is 5.73 Å². The number of nitrogens with two attached hydrogens (primary N) is 1. The third-order valence-corrected chi connectivity index (χ3v) is 9.02. The van der Waals surface area contributed by atoms with Crippen molar-refractivity contribution in [3.8, 4) is 5.82 Å². The van der Waals surface area contributed by atoms with Crippen LogP contribution in [0.3, 0.4) is 0 Å². The summed E-state index contributed by atoms with van der Waals surface area (Å²) >= 11 is 5.87. The Balaban J connectivity index is 2.22. The van der Waals surface area contributed by atoms with Gasteiger partial charge in [-0.2, -0.15) is 5.10 Å². The number of hydrogen-bond acceptors (Lipinski definition) is 5. The third-order valence-electron chi connectivity index (χ3n) is 4.25. The number of nitrogen functional groups attached to an aromatic ring is 1. The van der Waals surface area contributed by atoms with Crippen LogP contribution in [0, 0.1) is 0 Å². The minimum Gasteiger partial charge on any atom is -0.409 e. The molecule has 0 aliphatic heterocycles. The van der Waals surface area contributed by atoms with E-state index in [0.29, 0.717) is 16.5 Å². The molecule has 0 bridgehead atoms. The van der Waals surface area contributed by atoms with Crippen LogP contribution in [0.15, 0.2) is 18.5 Å². The average molecular weight is 354 g/mol. The number of hydrogen-bond donors (Lipinski definition) is 1. The molecular weight excluding hydrogens is 330 g/mol. The fourth-order valence-corrected chi connectivity index (χ4v) is 3.38. The number of halogens is 1. The minimum atomic E-state index is -1.87. The van der Waals surface area contributed by atoms with Gasteiger partial charge in [-0.15, -0.1) is 9.90 Å². The number of nitrogens with zero attached hydrogens (tertiary/aromatic N) is 4. The van der Waals surface area contributed by atoms with Gasteiger partial charge in [0.15, 0.2) is 14.1 Å². The maximum atomic E-state index is 6.34. The highest BCUT2D eigenvalue weighted by atomic mass is 35.5. The summed E-state index contributed by atoms with van der Waals surface area (Å²) in [4.78, 5) is 5.59. The van der Waals surface area contributed by atoms with Crippen LogP contribution in [0.5, 0.6) is 0 Å². The van der Waals surface area contributed by atoms with E-state index in [0.717, 1.165) is 5.69 Å². The van der Waals surface area contributed by atoms with Gasteiger partial charge in [0.05, 0.1) is 23.0 Å². The van der Waals surface area contributed by atoms with Gasteiger partial charge in [-0.3, -0.25) is 0 Å². The van der Waals surface area contributed by atoms with Gasteiger partial charge in [0.25, 0.3) is 0 Å². The molecule has 2 heterocycles. The van der Waals surface area contributed by atoms with Crippen molar-refractivity contribution in [2.24, 2.45) is 0 Å². The average Bonchev–Trinajstić information content (AvgIpc) is 2.86. The van der Waals surface area contributed by atoms with Crippen molar-refractivity contribution in [1.82, 2.24) is 20.0 Å². The van der Waals surface area contributed by atoms with Crippen LogP contribution in [0.25, 0.3) is 5.82 Å². The van der Waals surface area contributed by atoms with Gasteiger partial charge < -0.3 is 10.2 Å². The van der Waals surface area contributed by atoms with Crippen molar-refractivity contribution >= 4 is 25.6 Å². The lowest BCUT2D eigenvalue weighted by Crippen LogP contribution is -2.41. The van der Waals surface area contributed by atoms with Crippen LogP contribution in [0.4, 0.5) is 5.69 Å². The molecule has 0 radical (unpaired) electrons. The smallest absolute Gasteiger partial charge is 0.197 e. The zero-order chi connectivity index (χ0) is 17.4. The van der Waals surface area contributed by atoms with Gasteiger partial charge in [0.2, 0.25) is 0 Å². The molecule has 0 saturated carbocycles. The molecule has 0 aliphatic rings. The van der Waals surface area contributed by atoms with E-state index in [4.69, 9.17) is 21.8 Å². The van der Waals surface area contributed by atoms with Gasteiger partial charge >= 0.3 is 0 Å². The molecule has 0 saturated heterocycles. The quantitative estimate of drug-likeness (QED) is 0.841. The molecule has 126 valence electrons. The van der Waals surface area contributed by atoms with Crippen LogP contribution in [-0.2, 0) is 4.43 Å². The second kappa shape index (κ2) is 6.22. The summed E-state index contributed by atoms with van der Waals surface area (Å²) in [6.07, 6.45) is 3.07. The molecule has 0 fully saturated rings. The minimum absolute atomic E-state index is 0.138. The number of anilines is 1. The molecule has 2 aromatic heterocycles. The summed E-state index contributed by atoms with van der Waals surface area (Å²) in [5.74, 6) is 0.458. The molecular formula is C15H24ClN5OSi. The first-order valence-electron chi connectivity index (χ1n) is 7.53. The highest BCUT2D eigenvalue weighted by molar-refractivity contribution is 6.74. The monoisotopic (exact) mass is 353 g/mol. The highest BCUT2D eigenvalue weighted by Gasteiger charge is 2.39. The Labute approximate surface area is 143 Å². The van der Waals surface area contributed by atoms with E-state index in [2.05, 4.69) is 49.0 Å². The van der Waals surface area contributed by atoms with Crippen molar-refractivity contribution in [2.45, 2.75) is 51.9 Å². The third kappa shape index (κ3) is 3.91. The SMILES string of the molecule is CC(O[Si](C)(C)C(C)(C)C)c1cnn(-c2ncc(Cl)cc2N)n1. The van der Waals surface area contributed by atoms with Crippen LogP contribution >= 0.6 is 11.6 Å². The van der Waals surface area contributed by atoms with Crippen LogP contribution in [-0.4, -0.2) is 28.3 Å². The zero-order valence-electron chi connectivity index (χ0n) is 14.5. The van der Waals surface area contributed by atoms with Crippen LogP contribution in [0.2, 0.25) is 23.2 Å². The highest BCUT2D eigenvalue weighted by Crippen LogP contribution is 2.39. The van der Waals surface area contributed by atoms with E-state index in [1.54, 1.807) is 12.3 Å². The van der Waals surface area contributed by atoms with Gasteiger partial charge in [0.1, 0.15) is 5.69 Å². The van der Waals surface area contributed by atoms with Crippen LogP contribution in [0.1, 0.15) is 39.5 Å². The number of rotatable bonds is 4. The van der Waals surface area contributed by atoms with E-state index in [1.807, 2.05) is 6.92 Å². The summed E-state index contributed by atoms with van der Waals surface area (Å²) in [6, 6.07) is 1.63. The molecule has 0 aliphatic carbocycles. The molecule has 23 heavy (non-hydrogen) atoms. The first kappa shape index (κ1) is 17.9. The maximum Gasteiger partial charge on any atom is 0.197 e. The Morgan fingerprint density at radius 1 is 1.30 bits per heavy atom. The van der Waals surface area contributed by atoms with E-state index >= 15 is 0 Å². The Morgan fingerprint density at radius 2 is 1.96 bits per heavy atom. The van der Waals surface area contributed by atoms with Gasteiger partial charge in [0, 0.05) is 6.20 Å². The van der Waals surface area contributed by atoms with Gasteiger partial charge in [-0.25, -0.2) is 4.98 Å². The topological polar surface area (TPSA) is 78.8 Å². The molecule has 2 N–H and O–H groups in total. The fourth-order valence-electron chi connectivity index (χ4n) is 1.86. The Bertz CT molecular complexity index is 695. The second-order valence-corrected chi connectivity index (χ2v) is 12.3. The van der Waals surface area contributed by atoms with Crippen molar-refractivity contribution in [3.63, 3.8) is 0 Å². The van der Waals surface area contributed by atoms with E-state index in [1.165, 1.54) is 11.0 Å². The molecule has 0 aromatic carbocycles. The summed E-state index contributed by atoms with van der Waals surface area (Å²) in [5, 5.41) is 9.32. The van der Waals surface area contributed by atoms with Gasteiger partial charge in [-0.05, 0) is 31.1 Å². The molecule has 6 nitrogen and oxygen atoms in total. The normalized spacial score (nSPS) is 14.0. The molecule has 1 unspecified atom stereocenters. The Morgan fingerprint density at radius 3 is 2.52 bits per heavy atom. The molecule has 8 heteroatoms. The van der Waals surface area contributed by atoms with Crippen molar-refractivity contribution in [3.05, 3.63) is 29.2 Å². The fraction of sp³-hybridized carbons (Fsp3) is 0.533. The van der Waals surface area contributed by atoms with E-state index in [9.17, 15) is 0 Å². The van der Waals surface area contributed by atoms with E-state index in [-0.39, 0.29) is 11.1 Å². The Kier molecular flexibility index (Phi) is 4.84. The van der Waals surface area contributed by atoms with Crippen molar-refractivity contribution < 1.29 is 4.43 Å². The largest absolute Gasteiger partial charge is 0.409 e. The zero-order valence-corrected chi connectivity index (χ0v) is 16.2. The molecule has 1 atom stereocenters. The summed E-state index contributed by atoms with van der Waals surface area (Å²) in [6.45, 7) is 13.1. The first-order chi connectivity index (χ1) is 10.5.